The SMILES string of the molecule is CC(=O)Nc1ccc(-c2cc(NC(=O)C3(c4ccc5c(c4)OCO5)CC3)ccc2C)cc1C.[HH].[HH]. The zero-order valence-electron chi connectivity index (χ0n) is 19.0. The third kappa shape index (κ3) is 3.93. The Balaban J connectivity index is 0.00000171. The zero-order valence-corrected chi connectivity index (χ0v) is 19.0. The third-order valence-corrected chi connectivity index (χ3v) is 6.45. The van der Waals surface area contributed by atoms with Crippen LogP contribution in [0.5, 0.6) is 11.5 Å². The molecule has 0 spiro atoms. The second-order valence-electron chi connectivity index (χ2n) is 8.84. The molecule has 1 saturated carbocycles. The van der Waals surface area contributed by atoms with Crippen LogP contribution >= 0.6 is 0 Å². The van der Waals surface area contributed by atoms with E-state index in [1.165, 1.54) is 6.92 Å². The van der Waals surface area contributed by atoms with Gasteiger partial charge >= 0.3 is 0 Å². The highest BCUT2D eigenvalue weighted by atomic mass is 16.7. The van der Waals surface area contributed by atoms with Gasteiger partial charge in [0.2, 0.25) is 18.6 Å². The molecule has 2 aliphatic rings. The predicted octanol–water partition coefficient (Wildman–Crippen LogP) is 5.82. The molecular weight excluding hydrogens is 416 g/mol. The summed E-state index contributed by atoms with van der Waals surface area (Å²) < 4.78 is 10.9. The van der Waals surface area contributed by atoms with E-state index in [1.807, 2.05) is 68.4 Å². The van der Waals surface area contributed by atoms with Crippen molar-refractivity contribution in [3.8, 4) is 22.6 Å². The summed E-state index contributed by atoms with van der Waals surface area (Å²) in [4.78, 5) is 24.7. The molecule has 2 N–H and O–H groups in total. The van der Waals surface area contributed by atoms with Gasteiger partial charge in [-0.2, -0.15) is 0 Å². The molecule has 0 atom stereocenters. The second kappa shape index (κ2) is 7.96. The van der Waals surface area contributed by atoms with Crippen molar-refractivity contribution in [1.82, 2.24) is 0 Å². The molecule has 0 aromatic heterocycles. The van der Waals surface area contributed by atoms with Crippen molar-refractivity contribution in [1.29, 1.82) is 0 Å². The number of hydrogen-bond acceptors (Lipinski definition) is 4. The topological polar surface area (TPSA) is 76.7 Å². The van der Waals surface area contributed by atoms with E-state index in [9.17, 15) is 9.59 Å². The van der Waals surface area contributed by atoms with Crippen molar-refractivity contribution >= 4 is 23.2 Å². The Labute approximate surface area is 195 Å². The fourth-order valence-electron chi connectivity index (χ4n) is 4.39. The summed E-state index contributed by atoms with van der Waals surface area (Å²) in [6, 6.07) is 17.7. The van der Waals surface area contributed by atoms with E-state index in [1.54, 1.807) is 0 Å². The monoisotopic (exact) mass is 446 g/mol. The second-order valence-corrected chi connectivity index (χ2v) is 8.84. The summed E-state index contributed by atoms with van der Waals surface area (Å²) in [5, 5.41) is 5.98. The van der Waals surface area contributed by atoms with Crippen LogP contribution in [0.15, 0.2) is 54.6 Å². The lowest BCUT2D eigenvalue weighted by molar-refractivity contribution is -0.118. The van der Waals surface area contributed by atoms with E-state index in [4.69, 9.17) is 9.47 Å². The lowest BCUT2D eigenvalue weighted by Gasteiger charge is -2.18. The first-order valence-corrected chi connectivity index (χ1v) is 11.1. The van der Waals surface area contributed by atoms with Crippen LogP contribution in [0.3, 0.4) is 0 Å². The van der Waals surface area contributed by atoms with Crippen molar-refractivity contribution in [2.75, 3.05) is 17.4 Å². The number of benzene rings is 3. The molecule has 5 rings (SSSR count). The Hall–Kier alpha value is -3.80. The molecule has 172 valence electrons. The van der Waals surface area contributed by atoms with Gasteiger partial charge in [-0.25, -0.2) is 0 Å². The molecule has 6 heteroatoms. The van der Waals surface area contributed by atoms with Crippen LogP contribution in [-0.4, -0.2) is 18.6 Å². The largest absolute Gasteiger partial charge is 0.454 e. The lowest BCUT2D eigenvalue weighted by atomic mass is 9.94. The molecule has 1 heterocycles. The van der Waals surface area contributed by atoms with Crippen LogP contribution in [0.4, 0.5) is 11.4 Å². The van der Waals surface area contributed by atoms with E-state index >= 15 is 0 Å². The first-order chi connectivity index (χ1) is 15.9. The molecular formula is C27H30N2O4. The number of nitrogens with one attached hydrogen (secondary N) is 2. The number of carbonyl (C=O) groups excluding carboxylic acids is 2. The molecule has 3 aromatic rings. The summed E-state index contributed by atoms with van der Waals surface area (Å²) in [7, 11) is 0. The van der Waals surface area contributed by atoms with Crippen LogP contribution < -0.4 is 20.1 Å². The highest BCUT2D eigenvalue weighted by molar-refractivity contribution is 6.02. The van der Waals surface area contributed by atoms with Gasteiger partial charge in [-0.05, 0) is 90.9 Å². The minimum atomic E-state index is -0.525. The maximum absolute atomic E-state index is 13.3. The summed E-state index contributed by atoms with van der Waals surface area (Å²) in [5.41, 5.74) is 6.16. The van der Waals surface area contributed by atoms with E-state index in [0.29, 0.717) is 5.75 Å². The van der Waals surface area contributed by atoms with Gasteiger partial charge < -0.3 is 20.1 Å². The van der Waals surface area contributed by atoms with Crippen LogP contribution in [0.2, 0.25) is 0 Å². The van der Waals surface area contributed by atoms with Crippen molar-refractivity contribution in [3.63, 3.8) is 0 Å². The number of hydrogen-bond donors (Lipinski definition) is 2. The highest BCUT2D eigenvalue weighted by Crippen LogP contribution is 2.51. The van der Waals surface area contributed by atoms with Crippen LogP contribution in [0.1, 0.15) is 39.3 Å². The maximum atomic E-state index is 13.3. The van der Waals surface area contributed by atoms with Gasteiger partial charge in [0.05, 0.1) is 5.41 Å². The molecule has 2 amide bonds. The molecule has 6 nitrogen and oxygen atoms in total. The smallest absolute Gasteiger partial charge is 0.235 e. The predicted molar refractivity (Wildman–Crippen MR) is 132 cm³/mol. The molecule has 33 heavy (non-hydrogen) atoms. The molecule has 0 radical (unpaired) electrons. The number of ether oxygens (including phenoxy) is 2. The maximum Gasteiger partial charge on any atom is 0.235 e. The Bertz CT molecular complexity index is 1290. The van der Waals surface area contributed by atoms with Gasteiger partial charge in [-0.1, -0.05) is 18.2 Å². The Morgan fingerprint density at radius 1 is 0.879 bits per heavy atom. The van der Waals surface area contributed by atoms with Gasteiger partial charge in [0.25, 0.3) is 0 Å². The van der Waals surface area contributed by atoms with Crippen molar-refractivity contribution < 1.29 is 21.9 Å². The molecule has 1 aliphatic heterocycles. The van der Waals surface area contributed by atoms with Crippen molar-refractivity contribution in [2.24, 2.45) is 0 Å². The normalized spacial score (nSPS) is 15.1. The van der Waals surface area contributed by atoms with E-state index in [-0.39, 0.29) is 21.5 Å². The summed E-state index contributed by atoms with van der Waals surface area (Å²) in [5.74, 6) is 1.32. The summed E-state index contributed by atoms with van der Waals surface area (Å²) in [6.45, 7) is 5.74. The Kier molecular flexibility index (Phi) is 5.08. The van der Waals surface area contributed by atoms with Gasteiger partial charge in [-0.3, -0.25) is 9.59 Å². The fraction of sp³-hybridized carbons (Fsp3) is 0.259. The molecule has 1 fully saturated rings. The van der Waals surface area contributed by atoms with Gasteiger partial charge in [0, 0.05) is 21.2 Å². The summed E-state index contributed by atoms with van der Waals surface area (Å²) in [6.07, 6.45) is 1.61. The fourth-order valence-corrected chi connectivity index (χ4v) is 4.39. The highest BCUT2D eigenvalue weighted by Gasteiger charge is 2.51. The van der Waals surface area contributed by atoms with E-state index < -0.39 is 5.41 Å². The Morgan fingerprint density at radius 3 is 2.39 bits per heavy atom. The molecule has 0 bridgehead atoms. The number of carbonyl (C=O) groups is 2. The minimum Gasteiger partial charge on any atom is -0.454 e. The number of amides is 2. The third-order valence-electron chi connectivity index (χ3n) is 6.45. The molecule has 0 saturated heterocycles. The van der Waals surface area contributed by atoms with Gasteiger partial charge in [0.1, 0.15) is 0 Å². The van der Waals surface area contributed by atoms with Crippen molar-refractivity contribution in [3.05, 3.63) is 71.3 Å². The van der Waals surface area contributed by atoms with Crippen molar-refractivity contribution in [2.45, 2.75) is 39.0 Å². The first kappa shape index (κ1) is 21.1. The van der Waals surface area contributed by atoms with E-state index in [2.05, 4.69) is 10.6 Å². The van der Waals surface area contributed by atoms with Gasteiger partial charge in [-0.15, -0.1) is 0 Å². The number of aryl methyl sites for hydroxylation is 2. The lowest BCUT2D eigenvalue weighted by Crippen LogP contribution is -2.27. The molecule has 1 aliphatic carbocycles. The zero-order chi connectivity index (χ0) is 23.2. The van der Waals surface area contributed by atoms with Crippen LogP contribution in [0, 0.1) is 13.8 Å². The quantitative estimate of drug-likeness (QED) is 0.518. The number of anilines is 2. The van der Waals surface area contributed by atoms with E-state index in [0.717, 1.165) is 57.8 Å². The van der Waals surface area contributed by atoms with Gasteiger partial charge in [0.15, 0.2) is 11.5 Å². The van der Waals surface area contributed by atoms with Crippen LogP contribution in [-0.2, 0) is 15.0 Å². The average molecular weight is 447 g/mol. The number of rotatable bonds is 5. The minimum absolute atomic E-state index is 0. The Morgan fingerprint density at radius 2 is 1.67 bits per heavy atom. The van der Waals surface area contributed by atoms with Crippen LogP contribution in [0.25, 0.3) is 11.1 Å². The average Bonchev–Trinajstić information content (AvgIpc) is 3.47. The summed E-state index contributed by atoms with van der Waals surface area (Å²) >= 11 is 0. The standard InChI is InChI=1S/C27H26N2O4.2H2/c1-16-4-7-21(14-22(16)19-5-8-23(17(2)12-19)28-18(3)30)29-26(31)27(10-11-27)20-6-9-24-25(13-20)33-15-32-24;;/h4-9,12-14H,10-11,15H2,1-3H3,(H,28,30)(H,29,31);2*1H. The molecule has 0 unspecified atom stereocenters. The molecule has 3 aromatic carbocycles. The first-order valence-electron chi connectivity index (χ1n) is 11.1. The number of fused-ring (bicyclic) bond motifs is 1.